The number of carboxylic acids is 1. The highest BCUT2D eigenvalue weighted by molar-refractivity contribution is 6.30. The molecule has 3 rings (SSSR count). The Kier molecular flexibility index (Phi) is 5.32. The van der Waals surface area contributed by atoms with E-state index >= 15 is 0 Å². The number of carboxylic acid groups (broad SMARTS) is 1. The fourth-order valence-electron chi connectivity index (χ4n) is 2.95. The van der Waals surface area contributed by atoms with Crippen LogP contribution in [0.25, 0.3) is 0 Å². The highest BCUT2D eigenvalue weighted by Gasteiger charge is 2.28. The van der Waals surface area contributed by atoms with Gasteiger partial charge in [0, 0.05) is 29.6 Å². The second kappa shape index (κ2) is 7.65. The number of carbonyl (C=O) groups is 3. The Balaban J connectivity index is 1.54. The monoisotopic (exact) mass is 376 g/mol. The minimum Gasteiger partial charge on any atom is -0.476 e. The topological polar surface area (TPSA) is 105 Å². The smallest absolute Gasteiger partial charge is 0.358 e. The van der Waals surface area contributed by atoms with E-state index in [0.717, 1.165) is 0 Å². The molecule has 0 unspecified atom stereocenters. The highest BCUT2D eigenvalue weighted by atomic mass is 35.5. The van der Waals surface area contributed by atoms with Crippen LogP contribution in [0.15, 0.2) is 30.5 Å². The van der Waals surface area contributed by atoms with Crippen molar-refractivity contribution in [1.82, 2.24) is 19.9 Å². The summed E-state index contributed by atoms with van der Waals surface area (Å²) in [6.45, 7) is 0.878. The molecular weight excluding hydrogens is 360 g/mol. The fourth-order valence-corrected chi connectivity index (χ4v) is 3.08. The quantitative estimate of drug-likeness (QED) is 0.797. The number of halogens is 1. The van der Waals surface area contributed by atoms with Gasteiger partial charge >= 0.3 is 5.97 Å². The van der Waals surface area contributed by atoms with Crippen molar-refractivity contribution in [3.05, 3.63) is 46.7 Å². The van der Waals surface area contributed by atoms with E-state index in [4.69, 9.17) is 16.7 Å². The molecule has 136 valence electrons. The Labute approximate surface area is 154 Å². The van der Waals surface area contributed by atoms with Crippen LogP contribution in [0, 0.1) is 5.92 Å². The van der Waals surface area contributed by atoms with Gasteiger partial charge in [-0.3, -0.25) is 9.59 Å². The molecule has 1 aromatic carbocycles. The number of aromatic nitrogens is 3. The van der Waals surface area contributed by atoms with Crippen LogP contribution in [-0.4, -0.2) is 55.7 Å². The largest absolute Gasteiger partial charge is 0.476 e. The van der Waals surface area contributed by atoms with Gasteiger partial charge in [-0.15, -0.1) is 5.10 Å². The van der Waals surface area contributed by atoms with Crippen LogP contribution < -0.4 is 0 Å². The maximum Gasteiger partial charge on any atom is 0.358 e. The van der Waals surface area contributed by atoms with Crippen LogP contribution in [0.4, 0.5) is 0 Å². The first-order chi connectivity index (χ1) is 12.4. The summed E-state index contributed by atoms with van der Waals surface area (Å²) in [5.41, 5.74) is 0.424. The molecule has 0 atom stereocenters. The van der Waals surface area contributed by atoms with E-state index in [2.05, 4.69) is 10.3 Å². The number of benzene rings is 1. The van der Waals surface area contributed by atoms with E-state index in [1.165, 1.54) is 10.9 Å². The summed E-state index contributed by atoms with van der Waals surface area (Å²) in [5.74, 6) is -1.42. The number of piperidine rings is 1. The number of hydrogen-bond donors (Lipinski definition) is 1. The molecule has 0 radical (unpaired) electrons. The summed E-state index contributed by atoms with van der Waals surface area (Å²) < 4.78 is 1.21. The molecule has 1 fully saturated rings. The summed E-state index contributed by atoms with van der Waals surface area (Å²) in [4.78, 5) is 37.3. The summed E-state index contributed by atoms with van der Waals surface area (Å²) in [6.07, 6.45) is 2.40. The number of Topliss-reactive ketones (excluding diaryl/α,β-unsaturated/α-hetero) is 1. The second-order valence-corrected chi connectivity index (χ2v) is 6.57. The summed E-state index contributed by atoms with van der Waals surface area (Å²) in [5, 5.41) is 16.5. The molecule has 26 heavy (non-hydrogen) atoms. The third-order valence-corrected chi connectivity index (χ3v) is 4.65. The van der Waals surface area contributed by atoms with Crippen molar-refractivity contribution in [1.29, 1.82) is 0 Å². The van der Waals surface area contributed by atoms with Crippen LogP contribution in [0.3, 0.4) is 0 Å². The Morgan fingerprint density at radius 1 is 1.15 bits per heavy atom. The average molecular weight is 377 g/mol. The van der Waals surface area contributed by atoms with Crippen LogP contribution >= 0.6 is 11.6 Å². The number of likely N-dealkylation sites (tertiary alicyclic amines) is 1. The third-order valence-electron chi connectivity index (χ3n) is 4.40. The van der Waals surface area contributed by atoms with E-state index in [-0.39, 0.29) is 29.8 Å². The number of carbonyl (C=O) groups excluding carboxylic acids is 2. The maximum atomic E-state index is 12.5. The Morgan fingerprint density at radius 2 is 1.81 bits per heavy atom. The zero-order chi connectivity index (χ0) is 18.7. The summed E-state index contributed by atoms with van der Waals surface area (Å²) in [7, 11) is 0. The van der Waals surface area contributed by atoms with E-state index in [1.54, 1.807) is 29.2 Å². The zero-order valence-corrected chi connectivity index (χ0v) is 14.6. The zero-order valence-electron chi connectivity index (χ0n) is 13.8. The Hall–Kier alpha value is -2.74. The van der Waals surface area contributed by atoms with Crippen molar-refractivity contribution < 1.29 is 19.5 Å². The molecule has 1 amide bonds. The molecule has 1 aliphatic rings. The normalized spacial score (nSPS) is 15.0. The molecule has 1 N–H and O–H groups in total. The van der Waals surface area contributed by atoms with Crippen molar-refractivity contribution in [2.75, 3.05) is 13.1 Å². The van der Waals surface area contributed by atoms with Gasteiger partial charge in [-0.05, 0) is 37.1 Å². The standard InChI is InChI=1S/C17H17ClN4O4/c18-13-3-1-11(2-4-13)16(24)12-5-7-21(8-6-12)15(23)10-22-9-14(17(25)26)19-20-22/h1-4,9,12H,5-8,10H2,(H,25,26). The first-order valence-electron chi connectivity index (χ1n) is 8.15. The van der Waals surface area contributed by atoms with Crippen molar-refractivity contribution in [3.8, 4) is 0 Å². The molecule has 0 spiro atoms. The van der Waals surface area contributed by atoms with E-state index in [9.17, 15) is 14.4 Å². The highest BCUT2D eigenvalue weighted by Crippen LogP contribution is 2.23. The first-order valence-corrected chi connectivity index (χ1v) is 8.53. The Bertz CT molecular complexity index is 826. The van der Waals surface area contributed by atoms with Crippen LogP contribution in [0.1, 0.15) is 33.7 Å². The summed E-state index contributed by atoms with van der Waals surface area (Å²) >= 11 is 5.84. The maximum absolute atomic E-state index is 12.5. The molecule has 9 heteroatoms. The lowest BCUT2D eigenvalue weighted by Gasteiger charge is -2.31. The van der Waals surface area contributed by atoms with E-state index in [0.29, 0.717) is 36.5 Å². The average Bonchev–Trinajstić information content (AvgIpc) is 3.11. The van der Waals surface area contributed by atoms with Crippen LogP contribution in [0.2, 0.25) is 5.02 Å². The number of aromatic carboxylic acids is 1. The minimum atomic E-state index is -1.19. The number of rotatable bonds is 5. The molecule has 2 heterocycles. The molecule has 1 aromatic heterocycles. The van der Waals surface area contributed by atoms with Crippen LogP contribution in [-0.2, 0) is 11.3 Å². The molecule has 1 saturated heterocycles. The number of nitrogens with zero attached hydrogens (tertiary/aromatic N) is 4. The lowest BCUT2D eigenvalue weighted by atomic mass is 9.89. The SMILES string of the molecule is O=C(O)c1cn(CC(=O)N2CCC(C(=O)c3ccc(Cl)cc3)CC2)nn1. The van der Waals surface area contributed by atoms with Gasteiger partial charge < -0.3 is 10.0 Å². The molecule has 0 bridgehead atoms. The third kappa shape index (κ3) is 4.08. The minimum absolute atomic E-state index is 0.0659. The molecule has 0 aliphatic carbocycles. The fraction of sp³-hybridized carbons (Fsp3) is 0.353. The molecule has 8 nitrogen and oxygen atoms in total. The second-order valence-electron chi connectivity index (χ2n) is 6.13. The number of hydrogen-bond acceptors (Lipinski definition) is 5. The van der Waals surface area contributed by atoms with Crippen molar-refractivity contribution in [2.24, 2.45) is 5.92 Å². The van der Waals surface area contributed by atoms with Gasteiger partial charge in [-0.2, -0.15) is 0 Å². The van der Waals surface area contributed by atoms with Crippen molar-refractivity contribution >= 4 is 29.3 Å². The number of ketones is 1. The van der Waals surface area contributed by atoms with Gasteiger partial charge in [0.2, 0.25) is 5.91 Å². The van der Waals surface area contributed by atoms with E-state index < -0.39 is 5.97 Å². The van der Waals surface area contributed by atoms with Gasteiger partial charge in [0.05, 0.1) is 6.20 Å². The van der Waals surface area contributed by atoms with Crippen molar-refractivity contribution in [2.45, 2.75) is 19.4 Å². The summed E-state index contributed by atoms with van der Waals surface area (Å²) in [6, 6.07) is 6.81. The predicted molar refractivity (Wildman–Crippen MR) is 92.1 cm³/mol. The van der Waals surface area contributed by atoms with E-state index in [1.807, 2.05) is 0 Å². The van der Waals surface area contributed by atoms with Gasteiger partial charge in [-0.1, -0.05) is 16.8 Å². The molecule has 2 aromatic rings. The molecular formula is C17H17ClN4O4. The van der Waals surface area contributed by atoms with Gasteiger partial charge in [0.25, 0.3) is 0 Å². The first kappa shape index (κ1) is 18.1. The lowest BCUT2D eigenvalue weighted by Crippen LogP contribution is -2.41. The Morgan fingerprint density at radius 3 is 2.38 bits per heavy atom. The molecule has 1 aliphatic heterocycles. The predicted octanol–water partition coefficient (Wildman–Crippen LogP) is 1.75. The van der Waals surface area contributed by atoms with Gasteiger partial charge in [-0.25, -0.2) is 9.48 Å². The van der Waals surface area contributed by atoms with Gasteiger partial charge in [0.15, 0.2) is 11.5 Å². The molecule has 0 saturated carbocycles. The number of amides is 1. The van der Waals surface area contributed by atoms with Gasteiger partial charge in [0.1, 0.15) is 6.54 Å². The van der Waals surface area contributed by atoms with Crippen LogP contribution in [0.5, 0.6) is 0 Å². The van der Waals surface area contributed by atoms with Crippen molar-refractivity contribution in [3.63, 3.8) is 0 Å². The lowest BCUT2D eigenvalue weighted by molar-refractivity contribution is -0.133.